The fourth-order valence-electron chi connectivity index (χ4n) is 1.56. The second kappa shape index (κ2) is 14.1. The van der Waals surface area contributed by atoms with E-state index in [-0.39, 0.29) is 20.1 Å². The van der Waals surface area contributed by atoms with Crippen LogP contribution in [0.2, 0.25) is 0 Å². The first-order chi connectivity index (χ1) is 9.39. The molecule has 2 aliphatic rings. The van der Waals surface area contributed by atoms with Crippen molar-refractivity contribution in [3.8, 4) is 0 Å². The van der Waals surface area contributed by atoms with Crippen molar-refractivity contribution in [1.82, 2.24) is 0 Å². The minimum atomic E-state index is 0. The minimum absolute atomic E-state index is 0. The molecule has 1 heteroatoms. The summed E-state index contributed by atoms with van der Waals surface area (Å²) in [5, 5.41) is 0. The molecule has 0 heterocycles. The number of benzene rings is 1. The topological polar surface area (TPSA) is 0 Å². The zero-order valence-corrected chi connectivity index (χ0v) is 14.3. The number of allylic oxidation sites excluding steroid dienone is 8. The Labute approximate surface area is 137 Å². The second-order valence-corrected chi connectivity index (χ2v) is 4.35. The van der Waals surface area contributed by atoms with Crippen LogP contribution in [0, 0.1) is 6.92 Å². The molecule has 109 valence electrons. The Balaban J connectivity index is 0.000000265. The molecule has 3 rings (SSSR count). The van der Waals surface area contributed by atoms with Crippen LogP contribution >= 0.6 is 0 Å². The maximum Gasteiger partial charge on any atom is 0 e. The van der Waals surface area contributed by atoms with Crippen molar-refractivity contribution in [3.63, 3.8) is 0 Å². The molecule has 0 bridgehead atoms. The Bertz CT molecular complexity index is 376. The monoisotopic (exact) mass is 444 g/mol. The van der Waals surface area contributed by atoms with Crippen molar-refractivity contribution in [2.24, 2.45) is 0 Å². The Morgan fingerprint density at radius 2 is 0.950 bits per heavy atom. The van der Waals surface area contributed by atoms with Gasteiger partial charge in [-0.1, -0.05) is 54.7 Å². The summed E-state index contributed by atoms with van der Waals surface area (Å²) >= 11 is 0. The normalized spacial score (nSPS) is 14.2. The quantitative estimate of drug-likeness (QED) is 0.455. The van der Waals surface area contributed by atoms with Crippen LogP contribution in [0.5, 0.6) is 0 Å². The zero-order valence-electron chi connectivity index (χ0n) is 11.9. The maximum absolute atomic E-state index is 3.72. The molecule has 0 aromatic heterocycles. The zero-order chi connectivity index (χ0) is 13.6. The molecule has 0 atom stereocenters. The molecule has 1 aromatic rings. The van der Waals surface area contributed by atoms with Crippen LogP contribution in [-0.2, 0) is 20.1 Å². The van der Waals surface area contributed by atoms with Gasteiger partial charge in [-0.2, -0.15) is 24.6 Å². The summed E-state index contributed by atoms with van der Waals surface area (Å²) in [6, 6.07) is 9.87. The van der Waals surface area contributed by atoms with Crippen molar-refractivity contribution >= 4 is 0 Å². The standard InChI is InChI=1S/C7H7.2C6H8.Ir/c1-7-5-3-2-4-6-7;2*1-2-4-6-5-3-1;/h2-6H,1H2;2*1-4H,5-6H2;/q-1;;;. The van der Waals surface area contributed by atoms with Gasteiger partial charge in [0.25, 0.3) is 0 Å². The van der Waals surface area contributed by atoms with Crippen molar-refractivity contribution in [2.75, 3.05) is 0 Å². The first kappa shape index (κ1) is 18.7. The predicted octanol–water partition coefficient (Wildman–Crippen LogP) is 5.65. The first-order valence-electron chi connectivity index (χ1n) is 6.90. The molecule has 0 fully saturated rings. The Kier molecular flexibility index (Phi) is 13.2. The maximum atomic E-state index is 3.72. The van der Waals surface area contributed by atoms with E-state index in [0.29, 0.717) is 0 Å². The third-order valence-electron chi connectivity index (χ3n) is 2.61. The van der Waals surface area contributed by atoms with E-state index in [1.165, 1.54) is 25.7 Å². The fraction of sp³-hybridized carbons (Fsp3) is 0.211. The largest absolute Gasteiger partial charge is 0.199 e. The van der Waals surface area contributed by atoms with E-state index >= 15 is 0 Å². The first-order valence-corrected chi connectivity index (χ1v) is 6.90. The smallest absolute Gasteiger partial charge is 0 e. The van der Waals surface area contributed by atoms with E-state index in [0.717, 1.165) is 5.56 Å². The number of hydrogen-bond acceptors (Lipinski definition) is 0. The van der Waals surface area contributed by atoms with Crippen molar-refractivity contribution in [2.45, 2.75) is 25.7 Å². The van der Waals surface area contributed by atoms with Crippen LogP contribution < -0.4 is 0 Å². The van der Waals surface area contributed by atoms with E-state index in [1.807, 2.05) is 30.3 Å². The molecule has 0 spiro atoms. The van der Waals surface area contributed by atoms with Gasteiger partial charge in [0.1, 0.15) is 0 Å². The van der Waals surface area contributed by atoms with E-state index in [2.05, 4.69) is 55.5 Å². The Morgan fingerprint density at radius 3 is 1.10 bits per heavy atom. The van der Waals surface area contributed by atoms with Crippen LogP contribution in [-0.4, -0.2) is 0 Å². The van der Waals surface area contributed by atoms with Gasteiger partial charge in [-0.3, -0.25) is 0 Å². The van der Waals surface area contributed by atoms with E-state index < -0.39 is 0 Å². The van der Waals surface area contributed by atoms with Crippen LogP contribution in [0.4, 0.5) is 0 Å². The summed E-state index contributed by atoms with van der Waals surface area (Å²) < 4.78 is 0. The number of hydrogen-bond donors (Lipinski definition) is 0. The summed E-state index contributed by atoms with van der Waals surface area (Å²) in [5.74, 6) is 0. The van der Waals surface area contributed by atoms with E-state index in [1.54, 1.807) is 0 Å². The van der Waals surface area contributed by atoms with Gasteiger partial charge in [0.2, 0.25) is 0 Å². The van der Waals surface area contributed by atoms with Crippen LogP contribution in [0.25, 0.3) is 0 Å². The van der Waals surface area contributed by atoms with E-state index in [4.69, 9.17) is 0 Å². The molecule has 1 aromatic carbocycles. The molecule has 20 heavy (non-hydrogen) atoms. The van der Waals surface area contributed by atoms with Crippen molar-refractivity contribution in [1.29, 1.82) is 0 Å². The van der Waals surface area contributed by atoms with Gasteiger partial charge in [0, 0.05) is 20.1 Å². The van der Waals surface area contributed by atoms with E-state index in [9.17, 15) is 0 Å². The van der Waals surface area contributed by atoms with Gasteiger partial charge >= 0.3 is 0 Å². The molecule has 1 radical (unpaired) electrons. The minimum Gasteiger partial charge on any atom is -0.199 e. The predicted molar refractivity (Wildman–Crippen MR) is 85.9 cm³/mol. The summed E-state index contributed by atoms with van der Waals surface area (Å²) in [7, 11) is 0. The van der Waals surface area contributed by atoms with Gasteiger partial charge < -0.3 is 0 Å². The molecule has 0 nitrogen and oxygen atoms in total. The fourth-order valence-corrected chi connectivity index (χ4v) is 1.56. The van der Waals surface area contributed by atoms with Crippen LogP contribution in [0.3, 0.4) is 0 Å². The molecular formula is C19H23Ir-. The molecule has 0 amide bonds. The SMILES string of the molecule is C1=CCCC=C1.C1=CCCC=C1.[CH2-]c1ccccc1.[Ir]. The summed E-state index contributed by atoms with van der Waals surface area (Å²) in [4.78, 5) is 0. The Hall–Kier alpha value is -1.30. The summed E-state index contributed by atoms with van der Waals surface area (Å²) in [5.41, 5.74) is 1.07. The number of rotatable bonds is 0. The van der Waals surface area contributed by atoms with Gasteiger partial charge in [-0.15, -0.1) is 12.1 Å². The average Bonchev–Trinajstić information content (AvgIpc) is 2.53. The molecular weight excluding hydrogens is 420 g/mol. The summed E-state index contributed by atoms with van der Waals surface area (Å²) in [6.45, 7) is 3.72. The van der Waals surface area contributed by atoms with Gasteiger partial charge in [0.05, 0.1) is 0 Å². The molecule has 0 unspecified atom stereocenters. The molecule has 0 saturated carbocycles. The van der Waals surface area contributed by atoms with Crippen LogP contribution in [0.1, 0.15) is 31.2 Å². The third kappa shape index (κ3) is 11.8. The Morgan fingerprint density at radius 1 is 0.600 bits per heavy atom. The van der Waals surface area contributed by atoms with Crippen molar-refractivity contribution < 1.29 is 20.1 Å². The molecule has 0 aliphatic heterocycles. The van der Waals surface area contributed by atoms with Crippen LogP contribution in [0.15, 0.2) is 78.9 Å². The van der Waals surface area contributed by atoms with Gasteiger partial charge in [-0.05, 0) is 25.7 Å². The average molecular weight is 444 g/mol. The van der Waals surface area contributed by atoms with Gasteiger partial charge in [0.15, 0.2) is 0 Å². The third-order valence-corrected chi connectivity index (χ3v) is 2.61. The molecule has 2 aliphatic carbocycles. The second-order valence-electron chi connectivity index (χ2n) is 4.35. The molecule has 0 saturated heterocycles. The summed E-state index contributed by atoms with van der Waals surface area (Å²) in [6.07, 6.45) is 22.0. The van der Waals surface area contributed by atoms with Crippen molar-refractivity contribution in [3.05, 3.63) is 91.4 Å². The molecule has 0 N–H and O–H groups in total. The van der Waals surface area contributed by atoms with Gasteiger partial charge in [-0.25, -0.2) is 0 Å².